The van der Waals surface area contributed by atoms with E-state index in [0.717, 1.165) is 17.0 Å². The Morgan fingerprint density at radius 3 is 2.29 bits per heavy atom. The van der Waals surface area contributed by atoms with Crippen LogP contribution >= 0.6 is 24.4 Å². The van der Waals surface area contributed by atoms with Crippen LogP contribution in [0.2, 0.25) is 0 Å². The van der Waals surface area contributed by atoms with E-state index in [1.54, 1.807) is 6.21 Å². The zero-order valence-corrected chi connectivity index (χ0v) is 11.3. The minimum atomic E-state index is 0.436. The average Bonchev–Trinajstić information content (AvgIpc) is 2.70. The molecule has 0 radical (unpaired) electrons. The number of hydrogen-bond acceptors (Lipinski definition) is 4. The first-order chi connectivity index (χ1) is 8.00. The molecule has 2 rings (SSSR count). The highest BCUT2D eigenvalue weighted by atomic mass is 32.1. The monoisotopic (exact) mass is 268 g/mol. The molecule has 90 valence electrons. The van der Waals surface area contributed by atoms with Crippen molar-refractivity contribution in [1.82, 2.24) is 24.7 Å². The van der Waals surface area contributed by atoms with Gasteiger partial charge in [0.1, 0.15) is 0 Å². The second-order valence-electron chi connectivity index (χ2n) is 3.62. The summed E-state index contributed by atoms with van der Waals surface area (Å²) in [7, 11) is 1.90. The second kappa shape index (κ2) is 4.38. The molecule has 0 aliphatic heterocycles. The van der Waals surface area contributed by atoms with Crippen LogP contribution in [-0.2, 0) is 7.05 Å². The van der Waals surface area contributed by atoms with Gasteiger partial charge in [-0.05, 0) is 38.3 Å². The smallest absolute Gasteiger partial charge is 0.215 e. The molecule has 2 aromatic rings. The van der Waals surface area contributed by atoms with Gasteiger partial charge in [-0.1, -0.05) is 0 Å². The van der Waals surface area contributed by atoms with Gasteiger partial charge in [0.2, 0.25) is 9.54 Å². The van der Waals surface area contributed by atoms with Crippen LogP contribution in [0.5, 0.6) is 0 Å². The van der Waals surface area contributed by atoms with Gasteiger partial charge in [-0.2, -0.15) is 14.9 Å². The highest BCUT2D eigenvalue weighted by Gasteiger charge is 2.06. The molecule has 2 heterocycles. The summed E-state index contributed by atoms with van der Waals surface area (Å²) < 4.78 is 4.14. The summed E-state index contributed by atoms with van der Waals surface area (Å²) in [5, 5.41) is 14.0. The van der Waals surface area contributed by atoms with E-state index >= 15 is 0 Å². The molecule has 0 saturated heterocycles. The van der Waals surface area contributed by atoms with E-state index in [9.17, 15) is 0 Å². The Labute approximate surface area is 108 Å². The SMILES string of the molecule is Cc1nn(C)c(C)c1/C=N\n1c(=S)[nH][nH]c1=S. The molecule has 0 amide bonds. The van der Waals surface area contributed by atoms with Gasteiger partial charge in [-0.15, -0.1) is 0 Å². The van der Waals surface area contributed by atoms with Gasteiger partial charge in [-0.25, -0.2) is 0 Å². The maximum Gasteiger partial charge on any atom is 0.215 e. The van der Waals surface area contributed by atoms with Crippen molar-refractivity contribution in [2.24, 2.45) is 12.1 Å². The summed E-state index contributed by atoms with van der Waals surface area (Å²) in [4.78, 5) is 0. The topological polar surface area (TPSA) is 66.7 Å². The Bertz CT molecular complexity index is 656. The summed E-state index contributed by atoms with van der Waals surface area (Å²) in [5.41, 5.74) is 2.94. The van der Waals surface area contributed by atoms with Crippen molar-refractivity contribution in [3.63, 3.8) is 0 Å². The summed E-state index contributed by atoms with van der Waals surface area (Å²) in [6.45, 7) is 3.92. The lowest BCUT2D eigenvalue weighted by Gasteiger charge is -1.94. The number of aryl methyl sites for hydroxylation is 2. The van der Waals surface area contributed by atoms with Crippen molar-refractivity contribution >= 4 is 30.7 Å². The minimum absolute atomic E-state index is 0.436. The summed E-state index contributed by atoms with van der Waals surface area (Å²) in [6.07, 6.45) is 1.71. The zero-order valence-electron chi connectivity index (χ0n) is 9.68. The Morgan fingerprint density at radius 2 is 1.82 bits per heavy atom. The third-order valence-corrected chi connectivity index (χ3v) is 3.08. The standard InChI is InChI=1S/C9H12N6S2/c1-5-7(6(2)14(3)13-5)4-10-15-8(16)11-12-9(15)17/h4H,1-3H3,(H,11,16)(H,12,17)/b10-4-. The number of hydrogen-bond donors (Lipinski definition) is 2. The van der Waals surface area contributed by atoms with Crippen molar-refractivity contribution in [3.8, 4) is 0 Å². The number of nitrogens with one attached hydrogen (secondary N) is 2. The van der Waals surface area contributed by atoms with Gasteiger partial charge < -0.3 is 0 Å². The molecule has 0 aliphatic rings. The van der Waals surface area contributed by atoms with E-state index < -0.39 is 0 Å². The van der Waals surface area contributed by atoms with E-state index in [1.165, 1.54) is 4.68 Å². The predicted molar refractivity (Wildman–Crippen MR) is 70.5 cm³/mol. The lowest BCUT2D eigenvalue weighted by atomic mass is 10.2. The van der Waals surface area contributed by atoms with Gasteiger partial charge in [0.15, 0.2) is 0 Å². The number of H-pyrrole nitrogens is 2. The Morgan fingerprint density at radius 1 is 1.24 bits per heavy atom. The van der Waals surface area contributed by atoms with Crippen LogP contribution in [0.3, 0.4) is 0 Å². The first kappa shape index (κ1) is 11.9. The highest BCUT2D eigenvalue weighted by Crippen LogP contribution is 2.08. The van der Waals surface area contributed by atoms with Gasteiger partial charge >= 0.3 is 0 Å². The molecule has 0 unspecified atom stereocenters. The van der Waals surface area contributed by atoms with Crippen LogP contribution in [0.15, 0.2) is 5.10 Å². The Hall–Kier alpha value is -1.54. The molecule has 8 heteroatoms. The van der Waals surface area contributed by atoms with E-state index in [-0.39, 0.29) is 0 Å². The molecular formula is C9H12N6S2. The van der Waals surface area contributed by atoms with Crippen molar-refractivity contribution in [2.45, 2.75) is 13.8 Å². The lowest BCUT2D eigenvalue weighted by molar-refractivity contribution is 0.731. The summed E-state index contributed by atoms with van der Waals surface area (Å²) in [6, 6.07) is 0. The molecule has 0 aromatic carbocycles. The van der Waals surface area contributed by atoms with Crippen molar-refractivity contribution in [3.05, 3.63) is 26.5 Å². The molecule has 0 spiro atoms. The van der Waals surface area contributed by atoms with Crippen molar-refractivity contribution in [1.29, 1.82) is 0 Å². The van der Waals surface area contributed by atoms with Crippen LogP contribution < -0.4 is 0 Å². The first-order valence-corrected chi connectivity index (χ1v) is 5.76. The maximum atomic E-state index is 5.03. The fraction of sp³-hybridized carbons (Fsp3) is 0.333. The van der Waals surface area contributed by atoms with Crippen molar-refractivity contribution < 1.29 is 0 Å². The zero-order chi connectivity index (χ0) is 12.6. The minimum Gasteiger partial charge on any atom is -0.273 e. The Balaban J connectivity index is 2.46. The molecule has 0 fully saturated rings. The number of aromatic nitrogens is 5. The van der Waals surface area contributed by atoms with Gasteiger partial charge in [0, 0.05) is 18.3 Å². The van der Waals surface area contributed by atoms with E-state index in [0.29, 0.717) is 9.54 Å². The third-order valence-electron chi connectivity index (χ3n) is 2.53. The normalized spacial score (nSPS) is 11.5. The number of nitrogens with zero attached hydrogens (tertiary/aromatic N) is 4. The highest BCUT2D eigenvalue weighted by molar-refractivity contribution is 7.72. The summed E-state index contributed by atoms with van der Waals surface area (Å²) in [5.74, 6) is 0. The maximum absolute atomic E-state index is 5.03. The average molecular weight is 268 g/mol. The van der Waals surface area contributed by atoms with Gasteiger partial charge in [-0.3, -0.25) is 14.9 Å². The van der Waals surface area contributed by atoms with E-state index in [4.69, 9.17) is 24.4 Å². The molecule has 2 aromatic heterocycles. The molecular weight excluding hydrogens is 256 g/mol. The fourth-order valence-electron chi connectivity index (χ4n) is 1.50. The number of rotatable bonds is 2. The van der Waals surface area contributed by atoms with Crippen LogP contribution in [-0.4, -0.2) is 30.9 Å². The quantitative estimate of drug-likeness (QED) is 0.645. The van der Waals surface area contributed by atoms with E-state index in [1.807, 2.05) is 25.6 Å². The summed E-state index contributed by atoms with van der Waals surface area (Å²) >= 11 is 10.1. The van der Waals surface area contributed by atoms with Crippen LogP contribution in [0, 0.1) is 23.4 Å². The van der Waals surface area contributed by atoms with E-state index in [2.05, 4.69) is 20.4 Å². The molecule has 0 bridgehead atoms. The molecule has 0 saturated carbocycles. The lowest BCUT2D eigenvalue weighted by Crippen LogP contribution is -1.95. The second-order valence-corrected chi connectivity index (χ2v) is 4.40. The molecule has 2 N–H and O–H groups in total. The molecule has 0 atom stereocenters. The predicted octanol–water partition coefficient (Wildman–Crippen LogP) is 1.84. The molecule has 6 nitrogen and oxygen atoms in total. The van der Waals surface area contributed by atoms with Crippen LogP contribution in [0.4, 0.5) is 0 Å². The molecule has 17 heavy (non-hydrogen) atoms. The fourth-order valence-corrected chi connectivity index (χ4v) is 1.94. The largest absolute Gasteiger partial charge is 0.273 e. The van der Waals surface area contributed by atoms with Crippen molar-refractivity contribution in [2.75, 3.05) is 0 Å². The van der Waals surface area contributed by atoms with Crippen LogP contribution in [0.25, 0.3) is 0 Å². The number of aromatic amines is 2. The van der Waals surface area contributed by atoms with Gasteiger partial charge in [0.05, 0.1) is 11.9 Å². The van der Waals surface area contributed by atoms with Crippen LogP contribution in [0.1, 0.15) is 17.0 Å². The Kier molecular flexibility index (Phi) is 3.07. The third kappa shape index (κ3) is 2.13. The van der Waals surface area contributed by atoms with Gasteiger partial charge in [0.25, 0.3) is 0 Å². The molecule has 0 aliphatic carbocycles. The first-order valence-electron chi connectivity index (χ1n) is 4.95.